The van der Waals surface area contributed by atoms with Crippen LogP contribution in [0, 0.1) is 67.2 Å². The topological polar surface area (TPSA) is 199 Å². The average molecular weight is 1710 g/mol. The summed E-state index contributed by atoms with van der Waals surface area (Å²) >= 11 is 12.3. The molecule has 0 radical (unpaired) electrons. The van der Waals surface area contributed by atoms with Gasteiger partial charge in [0.05, 0.1) is 45.4 Å². The van der Waals surface area contributed by atoms with Crippen LogP contribution < -0.4 is 5.73 Å². The number of rotatable bonds is 35. The number of thiophene rings is 8. The molecule has 0 atom stereocenters. The van der Waals surface area contributed by atoms with Gasteiger partial charge in [0, 0.05) is 125 Å². The third-order valence-electron chi connectivity index (χ3n) is 17.6. The Hall–Kier alpha value is -5.94. The van der Waals surface area contributed by atoms with E-state index in [1.54, 1.807) is 101 Å². The average Bonchev–Trinajstić information content (AvgIpc) is 1.84. The Labute approximate surface area is 703 Å². The Morgan fingerprint density at radius 1 is 0.425 bits per heavy atom. The minimum atomic E-state index is -4.25. The summed E-state index contributed by atoms with van der Waals surface area (Å²) in [5.41, 5.74) is 5.35. The van der Waals surface area contributed by atoms with Crippen molar-refractivity contribution in [3.63, 3.8) is 0 Å². The Morgan fingerprint density at radius 3 is 1.05 bits per heavy atom. The van der Waals surface area contributed by atoms with Gasteiger partial charge < -0.3 is 25.2 Å². The lowest BCUT2D eigenvalue weighted by Gasteiger charge is -2.26. The third-order valence-corrected chi connectivity index (χ3v) is 25.9. The summed E-state index contributed by atoms with van der Waals surface area (Å²) in [6.07, 6.45) is 13.8. The summed E-state index contributed by atoms with van der Waals surface area (Å²) in [4.78, 5) is 126. The molecule has 8 aromatic rings. The number of Topliss-reactive ketones (excluding diaryl/α,β-unsaturated/α-hetero) is 8. The standard InChI is InChI=1S/C15H23NOS.C12H19NOS.C11H15NO2S.C11H14OS.C10H15NOS.C10H14O2S.C10H14OS.C9H9F3OS/c1-13-8-9-15(18-13)14(17)7-3-6-12-16-10-4-2-5-11-16;1-10-7-8-12(15-10)11(14)6-4-5-9-13(2)3;1-8-4-6-10(15-8)9(13)5-7-11(14)12(2)3;1-8-5-6-11(13-8)10(12)7-9-3-2-4-9;1-8-5-6-10(13-8)9(12)4-2-3-7-11;1-8-5-6-10(13-8)9(11)4-3-7-12-2;1-7(2)6-9(11)10-5-4-8(3)12-10;1-6-2-3-8(14-6)7(13)4-5-9(10,11)12/h8-9H,2-7,10-12H2,1H3;7-8H,4-6,9H2,1-3H3;4,6H,5,7H2,1-3H3;5-6,9H,2-4,7H2,1H3;5-6H,2-4,7,11H2,1H3;5-6H,3-4,7H2,1-2H3;4-5,7H,6H2,1-3H3;2-3H,4-5H2,1H3. The molecule has 2 aliphatic rings. The normalized spacial score (nSPS) is 12.4. The lowest BCUT2D eigenvalue weighted by Crippen LogP contribution is -2.30. The van der Waals surface area contributed by atoms with Gasteiger partial charge in [-0.2, -0.15) is 13.2 Å². The maximum Gasteiger partial charge on any atom is 0.389 e. The number of hydrogen-bond donors (Lipinski definition) is 1. The zero-order valence-electron chi connectivity index (χ0n) is 69.3. The first-order valence-corrected chi connectivity index (χ1v) is 45.7. The van der Waals surface area contributed by atoms with Crippen molar-refractivity contribution in [1.29, 1.82) is 0 Å². The van der Waals surface area contributed by atoms with Gasteiger partial charge in [-0.3, -0.25) is 43.2 Å². The lowest BCUT2D eigenvalue weighted by molar-refractivity contribution is -0.133. The van der Waals surface area contributed by atoms with Crippen molar-refractivity contribution < 1.29 is 61.1 Å². The van der Waals surface area contributed by atoms with Gasteiger partial charge in [0.2, 0.25) is 5.91 Å². The van der Waals surface area contributed by atoms with Crippen molar-refractivity contribution in [3.8, 4) is 0 Å². The number of nitrogens with zero attached hydrogens (tertiary/aromatic N) is 3. The quantitative estimate of drug-likeness (QED) is 0.0291. The first kappa shape index (κ1) is 101. The third kappa shape index (κ3) is 45.4. The Bertz CT molecular complexity index is 4030. The van der Waals surface area contributed by atoms with Crippen LogP contribution in [0.15, 0.2) is 97.1 Å². The zero-order chi connectivity index (χ0) is 84.0. The number of carbonyl (C=O) groups is 9. The number of unbranched alkanes of at least 4 members (excludes halogenated alkanes) is 3. The van der Waals surface area contributed by atoms with E-state index in [9.17, 15) is 56.3 Å². The van der Waals surface area contributed by atoms with E-state index in [0.717, 1.165) is 102 Å². The molecule has 1 aliphatic carbocycles. The van der Waals surface area contributed by atoms with Gasteiger partial charge in [-0.15, -0.1) is 90.7 Å². The van der Waals surface area contributed by atoms with E-state index in [-0.39, 0.29) is 29.0 Å². The molecule has 2 fully saturated rings. The van der Waals surface area contributed by atoms with E-state index >= 15 is 0 Å². The van der Waals surface area contributed by atoms with Crippen LogP contribution in [0.4, 0.5) is 13.2 Å². The molecule has 1 saturated heterocycles. The van der Waals surface area contributed by atoms with E-state index in [1.807, 2.05) is 133 Å². The van der Waals surface area contributed by atoms with E-state index < -0.39 is 24.8 Å². The Morgan fingerprint density at radius 2 is 0.752 bits per heavy atom. The molecule has 14 nitrogen and oxygen atoms in total. The highest BCUT2D eigenvalue weighted by atomic mass is 32.1. The molecule has 9 heterocycles. The molecule has 0 bridgehead atoms. The van der Waals surface area contributed by atoms with Gasteiger partial charge in [0.25, 0.3) is 0 Å². The number of amides is 1. The van der Waals surface area contributed by atoms with Crippen LogP contribution in [0.2, 0.25) is 0 Å². The molecule has 2 N–H and O–H groups in total. The second-order valence-electron chi connectivity index (χ2n) is 29.1. The van der Waals surface area contributed by atoms with E-state index in [1.165, 1.54) is 115 Å². The molecule has 1 saturated carbocycles. The molecule has 25 heteroatoms. The van der Waals surface area contributed by atoms with Crippen LogP contribution >= 0.6 is 90.7 Å². The SMILES string of the molecule is COCCCC(=O)c1ccc(C)s1.Cc1ccc(C(=O)CC(C)C)s1.Cc1ccc(C(=O)CC2CCC2)s1.Cc1ccc(C(=O)CCC(=O)N(C)C)s1.Cc1ccc(C(=O)CCC(F)(F)F)s1.Cc1ccc(C(=O)CCCCN(C)C)s1.Cc1ccc(C(=O)CCCCN)s1.Cc1ccc(C(=O)CCCCN2CCCCC2)s1. The molecular weight excluding hydrogens is 1590 g/mol. The maximum absolute atomic E-state index is 11.9. The summed E-state index contributed by atoms with van der Waals surface area (Å²) in [6.45, 7) is 26.2. The molecule has 1 aliphatic heterocycles. The largest absolute Gasteiger partial charge is 0.389 e. The predicted molar refractivity (Wildman–Crippen MR) is 472 cm³/mol. The Balaban J connectivity index is 0.000000335. The number of ether oxygens (including phenoxy) is 1. The van der Waals surface area contributed by atoms with Gasteiger partial charge in [-0.25, -0.2) is 0 Å². The minimum Gasteiger partial charge on any atom is -0.385 e. The summed E-state index contributed by atoms with van der Waals surface area (Å²) < 4.78 is 40.2. The highest BCUT2D eigenvalue weighted by Gasteiger charge is 2.29. The summed E-state index contributed by atoms with van der Waals surface area (Å²) in [6, 6.07) is 30.7. The van der Waals surface area contributed by atoms with E-state index in [4.69, 9.17) is 10.5 Å². The number of alkyl halides is 3. The molecule has 624 valence electrons. The number of aryl methyl sites for hydroxylation is 8. The summed E-state index contributed by atoms with van der Waals surface area (Å²) in [5, 5.41) is 0. The number of likely N-dealkylation sites (tertiary alicyclic amines) is 1. The fourth-order valence-electron chi connectivity index (χ4n) is 11.0. The van der Waals surface area contributed by atoms with Gasteiger partial charge in [0.15, 0.2) is 46.3 Å². The van der Waals surface area contributed by atoms with Gasteiger partial charge in [0.1, 0.15) is 0 Å². The second-order valence-corrected chi connectivity index (χ2v) is 39.4. The number of piperidine rings is 1. The molecule has 8 aromatic heterocycles. The minimum absolute atomic E-state index is 0.00312. The molecule has 0 spiro atoms. The number of halogens is 3. The van der Waals surface area contributed by atoms with Crippen LogP contribution in [-0.4, -0.2) is 148 Å². The highest BCUT2D eigenvalue weighted by molar-refractivity contribution is 7.16. The van der Waals surface area contributed by atoms with Crippen molar-refractivity contribution in [2.45, 2.75) is 223 Å². The zero-order valence-corrected chi connectivity index (χ0v) is 75.8. The smallest absolute Gasteiger partial charge is 0.385 e. The number of methoxy groups -OCH3 is 1. The fraction of sp³-hybridized carbons (Fsp3) is 0.534. The van der Waals surface area contributed by atoms with Crippen molar-refractivity contribution in [2.75, 3.05) is 74.6 Å². The van der Waals surface area contributed by atoms with Crippen molar-refractivity contribution in [1.82, 2.24) is 14.7 Å². The van der Waals surface area contributed by atoms with Crippen LogP contribution in [0.25, 0.3) is 0 Å². The van der Waals surface area contributed by atoms with Crippen molar-refractivity contribution >= 4 is 143 Å². The maximum atomic E-state index is 11.9. The predicted octanol–water partition coefficient (Wildman–Crippen LogP) is 24.3. The number of carbonyl (C=O) groups excluding carboxylic acids is 9. The summed E-state index contributed by atoms with van der Waals surface area (Å²) in [7, 11) is 9.17. The molecule has 0 aromatic carbocycles. The lowest BCUT2D eigenvalue weighted by atomic mass is 9.82. The van der Waals surface area contributed by atoms with E-state index in [0.29, 0.717) is 92.2 Å². The van der Waals surface area contributed by atoms with Crippen LogP contribution in [0.1, 0.15) is 278 Å². The molecule has 0 unspecified atom stereocenters. The highest BCUT2D eigenvalue weighted by Crippen LogP contribution is 2.32. The first-order valence-electron chi connectivity index (χ1n) is 39.2. The fourth-order valence-corrected chi connectivity index (χ4v) is 17.6. The Kier molecular flexibility index (Phi) is 50.5. The van der Waals surface area contributed by atoms with Gasteiger partial charge in [-0.1, -0.05) is 39.5 Å². The number of nitrogens with two attached hydrogens (primary N) is 1. The van der Waals surface area contributed by atoms with Crippen molar-refractivity contribution in [2.24, 2.45) is 17.6 Å². The van der Waals surface area contributed by atoms with E-state index in [2.05, 4.69) is 44.7 Å². The second kappa shape index (κ2) is 56.4. The summed E-state index contributed by atoms with van der Waals surface area (Å²) in [5.74, 6) is 2.52. The number of ketones is 8. The first-order chi connectivity index (χ1) is 53.6. The van der Waals surface area contributed by atoms with Crippen LogP contribution in [0.3, 0.4) is 0 Å². The van der Waals surface area contributed by atoms with Gasteiger partial charge in [-0.05, 0) is 269 Å². The molecule has 1 amide bonds. The molecule has 113 heavy (non-hydrogen) atoms. The van der Waals surface area contributed by atoms with Crippen molar-refractivity contribution in [3.05, 3.63) is 175 Å². The molecular formula is C88H123F3N4O10S8. The monoisotopic (exact) mass is 1710 g/mol. The molecule has 10 rings (SSSR count). The number of hydrogen-bond acceptors (Lipinski definition) is 21. The van der Waals surface area contributed by atoms with Crippen LogP contribution in [-0.2, 0) is 9.53 Å². The van der Waals surface area contributed by atoms with Gasteiger partial charge >= 0.3 is 6.18 Å². The van der Waals surface area contributed by atoms with Crippen LogP contribution in [0.5, 0.6) is 0 Å².